The second-order valence-corrected chi connectivity index (χ2v) is 7.31. The van der Waals surface area contributed by atoms with Crippen LogP contribution in [0.2, 0.25) is 0 Å². The van der Waals surface area contributed by atoms with Crippen LogP contribution >= 0.6 is 0 Å². The van der Waals surface area contributed by atoms with E-state index in [4.69, 9.17) is 0 Å². The average molecular weight is 309 g/mol. The predicted molar refractivity (Wildman–Crippen MR) is 77.3 cm³/mol. The van der Waals surface area contributed by atoms with Crippen LogP contribution in [0.1, 0.15) is 24.6 Å². The van der Waals surface area contributed by atoms with Crippen LogP contribution in [0.4, 0.5) is 10.1 Å². The molecule has 0 spiro atoms. The molecule has 0 aliphatic heterocycles. The molecule has 1 aliphatic rings. The quantitative estimate of drug-likeness (QED) is 0.861. The number of nitrogens with zero attached hydrogens (tertiary/aromatic N) is 2. The molecular formula is C14H16FN3O2S. The molecule has 1 aromatic carbocycles. The van der Waals surface area contributed by atoms with E-state index in [2.05, 4.69) is 14.9 Å². The van der Waals surface area contributed by atoms with E-state index in [1.807, 2.05) is 0 Å². The number of hydrogen-bond acceptors (Lipinski definition) is 4. The zero-order valence-corrected chi connectivity index (χ0v) is 12.4. The van der Waals surface area contributed by atoms with Gasteiger partial charge >= 0.3 is 0 Å². The second kappa shape index (κ2) is 5.14. The van der Waals surface area contributed by atoms with E-state index in [1.54, 1.807) is 12.5 Å². The van der Waals surface area contributed by atoms with E-state index < -0.39 is 15.7 Å². The third-order valence-corrected chi connectivity index (χ3v) is 4.62. The topological polar surface area (TPSA) is 64.0 Å². The molecule has 0 unspecified atom stereocenters. The van der Waals surface area contributed by atoms with E-state index >= 15 is 0 Å². The van der Waals surface area contributed by atoms with Crippen LogP contribution in [0.15, 0.2) is 35.6 Å². The number of aromatic nitrogens is 2. The fraction of sp³-hybridized carbons (Fsp3) is 0.357. The number of benzene rings is 1. The van der Waals surface area contributed by atoms with Crippen LogP contribution < -0.4 is 5.32 Å². The summed E-state index contributed by atoms with van der Waals surface area (Å²) in [7, 11) is -3.35. The smallest absolute Gasteiger partial charge is 0.175 e. The van der Waals surface area contributed by atoms with Crippen molar-refractivity contribution in [3.05, 3.63) is 42.2 Å². The van der Waals surface area contributed by atoms with E-state index in [9.17, 15) is 12.8 Å². The van der Waals surface area contributed by atoms with Gasteiger partial charge in [0, 0.05) is 18.5 Å². The van der Waals surface area contributed by atoms with Crippen molar-refractivity contribution in [2.24, 2.45) is 0 Å². The summed E-state index contributed by atoms with van der Waals surface area (Å²) in [6, 6.07) is 4.25. The number of anilines is 1. The van der Waals surface area contributed by atoms with Gasteiger partial charge in [-0.05, 0) is 31.0 Å². The SMILES string of the molecule is CS(=O)(=O)c1ccc(F)c(NCc2cncn2C2CC2)c1. The maximum Gasteiger partial charge on any atom is 0.175 e. The highest BCUT2D eigenvalue weighted by molar-refractivity contribution is 7.90. The normalized spacial score (nSPS) is 15.1. The predicted octanol–water partition coefficient (Wildman–Crippen LogP) is 2.37. The van der Waals surface area contributed by atoms with Crippen molar-refractivity contribution < 1.29 is 12.8 Å². The van der Waals surface area contributed by atoms with Crippen LogP contribution in [0.25, 0.3) is 0 Å². The lowest BCUT2D eigenvalue weighted by Crippen LogP contribution is -2.08. The first-order valence-corrected chi connectivity index (χ1v) is 8.58. The third kappa shape index (κ3) is 3.07. The van der Waals surface area contributed by atoms with Gasteiger partial charge in [-0.25, -0.2) is 17.8 Å². The summed E-state index contributed by atoms with van der Waals surface area (Å²) >= 11 is 0. The molecule has 0 saturated heterocycles. The van der Waals surface area contributed by atoms with Crippen molar-refractivity contribution in [2.45, 2.75) is 30.3 Å². The minimum absolute atomic E-state index is 0.0992. The molecule has 0 radical (unpaired) electrons. The Morgan fingerprint density at radius 2 is 2.19 bits per heavy atom. The van der Waals surface area contributed by atoms with Gasteiger partial charge in [0.1, 0.15) is 5.82 Å². The van der Waals surface area contributed by atoms with Gasteiger partial charge in [-0.2, -0.15) is 0 Å². The Labute approximate surface area is 122 Å². The fourth-order valence-electron chi connectivity index (χ4n) is 2.21. The van der Waals surface area contributed by atoms with Gasteiger partial charge < -0.3 is 9.88 Å². The van der Waals surface area contributed by atoms with Crippen molar-refractivity contribution in [3.63, 3.8) is 0 Å². The lowest BCUT2D eigenvalue weighted by molar-refractivity contribution is 0.600. The summed E-state index contributed by atoms with van der Waals surface area (Å²) in [6.07, 6.45) is 6.90. The number of rotatable bonds is 5. The summed E-state index contributed by atoms with van der Waals surface area (Å²) in [5.41, 5.74) is 1.14. The molecule has 1 saturated carbocycles. The summed E-state index contributed by atoms with van der Waals surface area (Å²) in [6.45, 7) is 0.403. The molecule has 1 aliphatic carbocycles. The molecule has 1 aromatic heterocycles. The number of sulfone groups is 1. The Kier molecular flexibility index (Phi) is 3.44. The maximum absolute atomic E-state index is 13.8. The number of hydrogen-bond donors (Lipinski definition) is 1. The molecule has 112 valence electrons. The van der Waals surface area contributed by atoms with Crippen molar-refractivity contribution in [3.8, 4) is 0 Å². The Bertz CT molecular complexity index is 766. The lowest BCUT2D eigenvalue weighted by Gasteiger charge is -2.11. The number of halogens is 1. The molecular weight excluding hydrogens is 293 g/mol. The molecule has 1 fully saturated rings. The van der Waals surface area contributed by atoms with Crippen LogP contribution in [-0.2, 0) is 16.4 Å². The standard InChI is InChI=1S/C14H16FN3O2S/c1-21(19,20)12-4-5-13(15)14(6-12)17-8-11-7-16-9-18(11)10-2-3-10/h4-7,9-10,17H,2-3,8H2,1H3. The minimum atomic E-state index is -3.35. The summed E-state index contributed by atoms with van der Waals surface area (Å²) in [4.78, 5) is 4.21. The zero-order chi connectivity index (χ0) is 15.0. The summed E-state index contributed by atoms with van der Waals surface area (Å²) in [5.74, 6) is -0.472. The zero-order valence-electron chi connectivity index (χ0n) is 11.6. The first-order chi connectivity index (χ1) is 9.95. The molecule has 3 rings (SSSR count). The second-order valence-electron chi connectivity index (χ2n) is 5.29. The summed E-state index contributed by atoms with van der Waals surface area (Å²) < 4.78 is 38.9. The molecule has 1 N–H and O–H groups in total. The maximum atomic E-state index is 13.8. The fourth-order valence-corrected chi connectivity index (χ4v) is 2.85. The molecule has 2 aromatic rings. The van der Waals surface area contributed by atoms with Crippen molar-refractivity contribution in [2.75, 3.05) is 11.6 Å². The Hall–Kier alpha value is -1.89. The number of nitrogens with one attached hydrogen (secondary N) is 1. The first-order valence-electron chi connectivity index (χ1n) is 6.69. The Morgan fingerprint density at radius 1 is 1.43 bits per heavy atom. The van der Waals surface area contributed by atoms with Crippen LogP contribution in [0.5, 0.6) is 0 Å². The summed E-state index contributed by atoms with van der Waals surface area (Å²) in [5, 5.41) is 2.95. The first kappa shape index (κ1) is 14.1. The van der Waals surface area contributed by atoms with Crippen LogP contribution in [-0.4, -0.2) is 24.2 Å². The van der Waals surface area contributed by atoms with Crippen molar-refractivity contribution >= 4 is 15.5 Å². The monoisotopic (exact) mass is 309 g/mol. The molecule has 0 bridgehead atoms. The molecule has 1 heterocycles. The van der Waals surface area contributed by atoms with E-state index in [0.29, 0.717) is 12.6 Å². The van der Waals surface area contributed by atoms with Gasteiger partial charge in [0.15, 0.2) is 9.84 Å². The average Bonchev–Trinajstić information content (AvgIpc) is 3.16. The third-order valence-electron chi connectivity index (χ3n) is 3.51. The Balaban J connectivity index is 1.79. The van der Waals surface area contributed by atoms with Crippen LogP contribution in [0.3, 0.4) is 0 Å². The highest BCUT2D eigenvalue weighted by atomic mass is 32.2. The van der Waals surface area contributed by atoms with E-state index in [0.717, 1.165) is 30.9 Å². The molecule has 21 heavy (non-hydrogen) atoms. The number of imidazole rings is 1. The largest absolute Gasteiger partial charge is 0.377 e. The van der Waals surface area contributed by atoms with Crippen molar-refractivity contribution in [1.29, 1.82) is 0 Å². The highest BCUT2D eigenvalue weighted by Gasteiger charge is 2.25. The van der Waals surface area contributed by atoms with Gasteiger partial charge in [0.25, 0.3) is 0 Å². The molecule has 0 amide bonds. The highest BCUT2D eigenvalue weighted by Crippen LogP contribution is 2.35. The Morgan fingerprint density at radius 3 is 2.86 bits per heavy atom. The minimum Gasteiger partial charge on any atom is -0.377 e. The van der Waals surface area contributed by atoms with Gasteiger partial charge in [-0.15, -0.1) is 0 Å². The lowest BCUT2D eigenvalue weighted by atomic mass is 10.3. The van der Waals surface area contributed by atoms with Crippen molar-refractivity contribution in [1.82, 2.24) is 9.55 Å². The van der Waals surface area contributed by atoms with Gasteiger partial charge in [0.2, 0.25) is 0 Å². The van der Waals surface area contributed by atoms with Gasteiger partial charge in [-0.3, -0.25) is 0 Å². The van der Waals surface area contributed by atoms with Gasteiger partial charge in [-0.1, -0.05) is 0 Å². The molecule has 0 atom stereocenters. The van der Waals surface area contributed by atoms with E-state index in [1.165, 1.54) is 12.1 Å². The van der Waals surface area contributed by atoms with Crippen LogP contribution in [0, 0.1) is 5.82 Å². The molecule has 7 heteroatoms. The molecule has 5 nitrogen and oxygen atoms in total. The van der Waals surface area contributed by atoms with E-state index in [-0.39, 0.29) is 10.6 Å². The van der Waals surface area contributed by atoms with Gasteiger partial charge in [0.05, 0.1) is 29.1 Å².